The van der Waals surface area contributed by atoms with Crippen molar-refractivity contribution in [3.8, 4) is 0 Å². The molecular weight excluding hydrogens is 260 g/mol. The molecule has 1 aliphatic heterocycles. The van der Waals surface area contributed by atoms with Crippen LogP contribution in [0, 0.1) is 0 Å². The molecule has 104 valence electrons. The first-order valence-corrected chi connectivity index (χ1v) is 7.39. The summed E-state index contributed by atoms with van der Waals surface area (Å²) in [4.78, 5) is 13.5. The fourth-order valence-electron chi connectivity index (χ4n) is 2.26. The van der Waals surface area contributed by atoms with E-state index in [1.807, 2.05) is 17.8 Å². The number of carboxylic acid groups (broad SMARTS) is 1. The Labute approximate surface area is 118 Å². The normalized spacial score (nSPS) is 18.9. The van der Waals surface area contributed by atoms with E-state index in [-0.39, 0.29) is 4.75 Å². The standard InChI is InChI=1S/C14H20N2O2S/c1-14(2)5-6-16(7-8-19-14)12-4-3-10(15)9-11(12)13(17)18/h3-4,9H,5-8,15H2,1-2H3,(H,17,18). The second-order valence-electron chi connectivity index (χ2n) is 5.43. The fourth-order valence-corrected chi connectivity index (χ4v) is 3.36. The highest BCUT2D eigenvalue weighted by Crippen LogP contribution is 2.33. The lowest BCUT2D eigenvalue weighted by molar-refractivity contribution is 0.0697. The molecule has 1 aromatic carbocycles. The van der Waals surface area contributed by atoms with Gasteiger partial charge in [-0.1, -0.05) is 13.8 Å². The van der Waals surface area contributed by atoms with E-state index in [1.165, 1.54) is 0 Å². The van der Waals surface area contributed by atoms with Gasteiger partial charge in [-0.05, 0) is 24.6 Å². The number of thioether (sulfide) groups is 1. The lowest BCUT2D eigenvalue weighted by Crippen LogP contribution is -2.28. The van der Waals surface area contributed by atoms with Gasteiger partial charge in [-0.2, -0.15) is 11.8 Å². The molecular formula is C14H20N2O2S. The van der Waals surface area contributed by atoms with Crippen LogP contribution < -0.4 is 10.6 Å². The number of hydrogen-bond donors (Lipinski definition) is 2. The van der Waals surface area contributed by atoms with Gasteiger partial charge in [0.05, 0.1) is 11.3 Å². The van der Waals surface area contributed by atoms with E-state index in [0.717, 1.165) is 31.0 Å². The number of nitrogens with two attached hydrogens (primary N) is 1. The Balaban J connectivity index is 2.29. The number of rotatable bonds is 2. The van der Waals surface area contributed by atoms with Gasteiger partial charge in [-0.3, -0.25) is 0 Å². The summed E-state index contributed by atoms with van der Waals surface area (Å²) in [6, 6.07) is 5.13. The van der Waals surface area contributed by atoms with Crippen LogP contribution in [0.5, 0.6) is 0 Å². The largest absolute Gasteiger partial charge is 0.478 e. The lowest BCUT2D eigenvalue weighted by atomic mass is 10.1. The molecule has 0 radical (unpaired) electrons. The third-order valence-corrected chi connectivity index (χ3v) is 4.80. The Bertz CT molecular complexity index is 488. The van der Waals surface area contributed by atoms with Crippen LogP contribution in [0.25, 0.3) is 0 Å². The number of carbonyl (C=O) groups is 1. The number of nitrogen functional groups attached to an aromatic ring is 1. The van der Waals surface area contributed by atoms with E-state index in [4.69, 9.17) is 5.73 Å². The quantitative estimate of drug-likeness (QED) is 0.815. The third-order valence-electron chi connectivity index (χ3n) is 3.43. The first-order valence-electron chi connectivity index (χ1n) is 6.41. The minimum Gasteiger partial charge on any atom is -0.478 e. The van der Waals surface area contributed by atoms with Crippen LogP contribution in [0.15, 0.2) is 18.2 Å². The van der Waals surface area contributed by atoms with Crippen molar-refractivity contribution < 1.29 is 9.90 Å². The second-order valence-corrected chi connectivity index (χ2v) is 7.23. The molecule has 2 rings (SSSR count). The number of aromatic carboxylic acids is 1. The molecule has 0 saturated carbocycles. The first kappa shape index (κ1) is 14.1. The minimum absolute atomic E-state index is 0.256. The van der Waals surface area contributed by atoms with E-state index in [9.17, 15) is 9.90 Å². The summed E-state index contributed by atoms with van der Waals surface area (Å²) in [6.45, 7) is 6.23. The molecule has 1 saturated heterocycles. The van der Waals surface area contributed by atoms with E-state index >= 15 is 0 Å². The molecule has 1 aromatic rings. The zero-order chi connectivity index (χ0) is 14.0. The number of anilines is 2. The third kappa shape index (κ3) is 3.35. The maximum absolute atomic E-state index is 11.3. The van der Waals surface area contributed by atoms with E-state index in [2.05, 4.69) is 18.7 Å². The first-order chi connectivity index (χ1) is 8.89. The Hall–Kier alpha value is -1.36. The van der Waals surface area contributed by atoms with E-state index < -0.39 is 5.97 Å². The summed E-state index contributed by atoms with van der Waals surface area (Å²) in [6.07, 6.45) is 1.04. The predicted octanol–water partition coefficient (Wildman–Crippen LogP) is 2.69. The molecule has 0 bridgehead atoms. The van der Waals surface area contributed by atoms with Gasteiger partial charge in [0.15, 0.2) is 0 Å². The van der Waals surface area contributed by atoms with Crippen molar-refractivity contribution in [3.05, 3.63) is 23.8 Å². The molecule has 0 aliphatic carbocycles. The van der Waals surface area contributed by atoms with Crippen LogP contribution in [0.1, 0.15) is 30.6 Å². The average Bonchev–Trinajstić information content (AvgIpc) is 2.50. The maximum Gasteiger partial charge on any atom is 0.337 e. The molecule has 0 unspecified atom stereocenters. The van der Waals surface area contributed by atoms with Crippen LogP contribution in [0.2, 0.25) is 0 Å². The molecule has 3 N–H and O–H groups in total. The number of carboxylic acids is 1. The topological polar surface area (TPSA) is 66.6 Å². The Kier molecular flexibility index (Phi) is 3.94. The SMILES string of the molecule is CC1(C)CCN(c2ccc(N)cc2C(=O)O)CCS1. The van der Waals surface area contributed by atoms with Crippen LogP contribution >= 0.6 is 11.8 Å². The zero-order valence-electron chi connectivity index (χ0n) is 11.3. The number of hydrogen-bond acceptors (Lipinski definition) is 4. The highest BCUT2D eigenvalue weighted by molar-refractivity contribution is 8.00. The van der Waals surface area contributed by atoms with Gasteiger partial charge in [-0.15, -0.1) is 0 Å². The van der Waals surface area contributed by atoms with E-state index in [1.54, 1.807) is 12.1 Å². The van der Waals surface area contributed by atoms with Gasteiger partial charge in [-0.25, -0.2) is 4.79 Å². The summed E-state index contributed by atoms with van der Waals surface area (Å²) in [7, 11) is 0. The maximum atomic E-state index is 11.3. The molecule has 0 amide bonds. The van der Waals surface area contributed by atoms with Crippen molar-refractivity contribution in [2.75, 3.05) is 29.5 Å². The van der Waals surface area contributed by atoms with Crippen LogP contribution in [0.3, 0.4) is 0 Å². The smallest absolute Gasteiger partial charge is 0.337 e. The second kappa shape index (κ2) is 5.33. The average molecular weight is 280 g/mol. The van der Waals surface area contributed by atoms with E-state index in [0.29, 0.717) is 11.3 Å². The van der Waals surface area contributed by atoms with Crippen molar-refractivity contribution in [1.29, 1.82) is 0 Å². The number of nitrogens with zero attached hydrogens (tertiary/aromatic N) is 1. The van der Waals surface area contributed by atoms with Gasteiger partial charge in [0, 0.05) is 29.3 Å². The van der Waals surface area contributed by atoms with Crippen LogP contribution in [0.4, 0.5) is 11.4 Å². The summed E-state index contributed by atoms with van der Waals surface area (Å²) < 4.78 is 0.256. The summed E-state index contributed by atoms with van der Waals surface area (Å²) in [5.41, 5.74) is 7.25. The molecule has 1 fully saturated rings. The van der Waals surface area contributed by atoms with Gasteiger partial charge in [0.1, 0.15) is 0 Å². The van der Waals surface area contributed by atoms with Gasteiger partial charge in [0.25, 0.3) is 0 Å². The Morgan fingerprint density at radius 2 is 2.16 bits per heavy atom. The molecule has 4 nitrogen and oxygen atoms in total. The Morgan fingerprint density at radius 3 is 2.84 bits per heavy atom. The van der Waals surface area contributed by atoms with Gasteiger partial charge >= 0.3 is 5.97 Å². The van der Waals surface area contributed by atoms with Gasteiger partial charge < -0.3 is 15.7 Å². The van der Waals surface area contributed by atoms with Crippen LogP contribution in [-0.2, 0) is 0 Å². The monoisotopic (exact) mass is 280 g/mol. The van der Waals surface area contributed by atoms with Crippen molar-refractivity contribution in [2.45, 2.75) is 25.0 Å². The van der Waals surface area contributed by atoms with Crippen molar-refractivity contribution in [3.63, 3.8) is 0 Å². The summed E-state index contributed by atoms with van der Waals surface area (Å²) in [5.74, 6) is 0.0923. The zero-order valence-corrected chi connectivity index (χ0v) is 12.2. The van der Waals surface area contributed by atoms with Crippen molar-refractivity contribution >= 4 is 29.1 Å². The summed E-state index contributed by atoms with van der Waals surface area (Å²) in [5, 5.41) is 9.31. The molecule has 0 atom stereocenters. The molecule has 0 spiro atoms. The molecule has 5 heteroatoms. The number of benzene rings is 1. The minimum atomic E-state index is -0.918. The highest BCUT2D eigenvalue weighted by atomic mass is 32.2. The van der Waals surface area contributed by atoms with Crippen molar-refractivity contribution in [2.24, 2.45) is 0 Å². The molecule has 19 heavy (non-hydrogen) atoms. The lowest BCUT2D eigenvalue weighted by Gasteiger charge is -2.25. The summed E-state index contributed by atoms with van der Waals surface area (Å²) >= 11 is 1.94. The van der Waals surface area contributed by atoms with Crippen molar-refractivity contribution in [1.82, 2.24) is 0 Å². The molecule has 1 aliphatic rings. The molecule has 0 aromatic heterocycles. The Morgan fingerprint density at radius 1 is 1.42 bits per heavy atom. The van der Waals surface area contributed by atoms with Gasteiger partial charge in [0.2, 0.25) is 0 Å². The predicted molar refractivity (Wildman–Crippen MR) is 81.2 cm³/mol. The molecule has 1 heterocycles. The highest BCUT2D eigenvalue weighted by Gasteiger charge is 2.25. The van der Waals surface area contributed by atoms with Crippen LogP contribution in [-0.4, -0.2) is 34.7 Å². The fraction of sp³-hybridized carbons (Fsp3) is 0.500.